The number of rotatable bonds is 5. The molecule has 3 rings (SSSR count). The first-order valence-corrected chi connectivity index (χ1v) is 9.08. The third-order valence-electron chi connectivity index (χ3n) is 5.27. The minimum atomic E-state index is -1.25. The molecule has 142 valence electrons. The van der Waals surface area contributed by atoms with E-state index in [0.29, 0.717) is 17.6 Å². The van der Waals surface area contributed by atoms with Gasteiger partial charge in [0.2, 0.25) is 5.78 Å². The van der Waals surface area contributed by atoms with Crippen LogP contribution in [0.5, 0.6) is 0 Å². The zero-order valence-corrected chi connectivity index (χ0v) is 15.5. The van der Waals surface area contributed by atoms with Gasteiger partial charge < -0.3 is 10.2 Å². The number of carboxylic acid groups (broad SMARTS) is 2. The highest BCUT2D eigenvalue weighted by Gasteiger charge is 2.37. The lowest BCUT2D eigenvalue weighted by atomic mass is 9.68. The van der Waals surface area contributed by atoms with Crippen LogP contribution in [0.4, 0.5) is 0 Å². The second-order valence-corrected chi connectivity index (χ2v) is 7.94. The summed E-state index contributed by atoms with van der Waals surface area (Å²) in [5, 5.41) is 18.3. The van der Waals surface area contributed by atoms with Crippen LogP contribution in [0.25, 0.3) is 5.57 Å². The van der Waals surface area contributed by atoms with Gasteiger partial charge in [0.05, 0.1) is 0 Å². The molecule has 0 aromatic heterocycles. The quantitative estimate of drug-likeness (QED) is 0.828. The number of hydrogen-bond acceptors (Lipinski definition) is 4. The van der Waals surface area contributed by atoms with E-state index in [1.54, 1.807) is 12.1 Å². The molecule has 0 amide bonds. The molecule has 0 aliphatic heterocycles. The number of carboxylic acids is 2. The summed E-state index contributed by atoms with van der Waals surface area (Å²) < 4.78 is 0. The number of Topliss-reactive ketones (excluding diaryl/α,β-unsaturated/α-hetero) is 1. The summed E-state index contributed by atoms with van der Waals surface area (Å²) in [4.78, 5) is 39.7. The van der Waals surface area contributed by atoms with Gasteiger partial charge in [-0.15, -0.1) is 0 Å². The molecule has 2 aliphatic carbocycles. The van der Waals surface area contributed by atoms with Crippen molar-refractivity contribution in [3.8, 4) is 0 Å². The van der Waals surface area contributed by atoms with Gasteiger partial charge in [0.25, 0.3) is 0 Å². The van der Waals surface area contributed by atoms with Crippen LogP contribution >= 0.6 is 0 Å². The average molecular weight is 369 g/mol. The van der Waals surface area contributed by atoms with Crippen molar-refractivity contribution in [2.75, 3.05) is 0 Å². The third-order valence-corrected chi connectivity index (χ3v) is 5.27. The highest BCUT2D eigenvalue weighted by atomic mass is 16.4. The molecule has 2 N–H and O–H groups in total. The average Bonchev–Trinajstić information content (AvgIpc) is 2.59. The molecule has 2 aliphatic rings. The number of nitrogens with zero attached hydrogens (tertiary/aromatic N) is 1. The molecule has 0 spiro atoms. The number of aliphatic imine (C=N–C) groups is 1. The highest BCUT2D eigenvalue weighted by Crippen LogP contribution is 2.46. The van der Waals surface area contributed by atoms with Crippen molar-refractivity contribution in [3.05, 3.63) is 41.0 Å². The van der Waals surface area contributed by atoms with Crippen molar-refractivity contribution in [3.63, 3.8) is 0 Å². The van der Waals surface area contributed by atoms with Crippen LogP contribution in [-0.2, 0) is 14.4 Å². The van der Waals surface area contributed by atoms with E-state index in [2.05, 4.69) is 18.8 Å². The second-order valence-electron chi connectivity index (χ2n) is 7.94. The molecule has 0 unspecified atom stereocenters. The monoisotopic (exact) mass is 369 g/mol. The van der Waals surface area contributed by atoms with Gasteiger partial charge in [-0.25, -0.2) is 4.79 Å². The first-order chi connectivity index (χ1) is 12.7. The van der Waals surface area contributed by atoms with Gasteiger partial charge in [-0.1, -0.05) is 38.1 Å². The van der Waals surface area contributed by atoms with Gasteiger partial charge in [0.1, 0.15) is 11.8 Å². The molecule has 1 aromatic rings. The Morgan fingerprint density at radius 1 is 1.15 bits per heavy atom. The smallest absolute Gasteiger partial charge is 0.328 e. The second kappa shape index (κ2) is 7.10. The summed E-state index contributed by atoms with van der Waals surface area (Å²) in [6, 6.07) is 6.18. The molecular formula is C21H23NO5. The van der Waals surface area contributed by atoms with Crippen molar-refractivity contribution in [1.29, 1.82) is 0 Å². The Kier molecular flexibility index (Phi) is 5.00. The summed E-state index contributed by atoms with van der Waals surface area (Å²) in [5.74, 6) is -2.53. The van der Waals surface area contributed by atoms with Crippen LogP contribution in [0.1, 0.15) is 57.1 Å². The lowest BCUT2D eigenvalue weighted by Gasteiger charge is -2.36. The molecule has 1 aromatic carbocycles. The maximum absolute atomic E-state index is 13.1. The predicted molar refractivity (Wildman–Crippen MR) is 101 cm³/mol. The van der Waals surface area contributed by atoms with E-state index in [9.17, 15) is 19.5 Å². The fraction of sp³-hybridized carbons (Fsp3) is 0.429. The molecule has 0 fully saturated rings. The summed E-state index contributed by atoms with van der Waals surface area (Å²) >= 11 is 0. The van der Waals surface area contributed by atoms with Gasteiger partial charge in [0, 0.05) is 17.6 Å². The molecule has 27 heavy (non-hydrogen) atoms. The lowest BCUT2D eigenvalue weighted by molar-refractivity contribution is -0.139. The Bertz CT molecular complexity index is 878. The molecule has 0 saturated heterocycles. The summed E-state index contributed by atoms with van der Waals surface area (Å²) in [5.41, 5.74) is 3.56. The van der Waals surface area contributed by atoms with E-state index in [1.165, 1.54) is 0 Å². The normalized spacial score (nSPS) is 20.8. The number of hydrogen-bond donors (Lipinski definition) is 2. The van der Waals surface area contributed by atoms with Crippen LogP contribution in [0.3, 0.4) is 0 Å². The number of ketones is 1. The van der Waals surface area contributed by atoms with E-state index in [-0.39, 0.29) is 29.8 Å². The fourth-order valence-corrected chi connectivity index (χ4v) is 3.80. The van der Waals surface area contributed by atoms with Crippen LogP contribution in [-0.4, -0.2) is 39.7 Å². The van der Waals surface area contributed by atoms with E-state index in [4.69, 9.17) is 5.11 Å². The first kappa shape index (κ1) is 19.0. The Hall–Kier alpha value is -2.76. The van der Waals surface area contributed by atoms with Gasteiger partial charge in [-0.2, -0.15) is 0 Å². The van der Waals surface area contributed by atoms with E-state index in [0.717, 1.165) is 24.0 Å². The van der Waals surface area contributed by atoms with Crippen LogP contribution in [0, 0.1) is 5.41 Å². The SMILES string of the molecule is CC1(C)CCC2=C(C1)c1ccccc1/C(=N/[C@@H](CCC(=O)O)C(=O)O)C2=O. The molecular weight excluding hydrogens is 346 g/mol. The number of benzene rings is 1. The van der Waals surface area contributed by atoms with E-state index in [1.807, 2.05) is 12.1 Å². The molecule has 6 heteroatoms. The maximum atomic E-state index is 13.1. The molecule has 0 radical (unpaired) electrons. The Balaban J connectivity index is 2.08. The highest BCUT2D eigenvalue weighted by molar-refractivity contribution is 6.54. The summed E-state index contributed by atoms with van der Waals surface area (Å²) in [6.07, 6.45) is 1.85. The molecule has 1 atom stereocenters. The van der Waals surface area contributed by atoms with Crippen molar-refractivity contribution >= 4 is 29.0 Å². The number of aliphatic carboxylic acids is 2. The molecule has 0 bridgehead atoms. The van der Waals surface area contributed by atoms with Gasteiger partial charge in [0.15, 0.2) is 0 Å². The zero-order valence-electron chi connectivity index (χ0n) is 15.5. The number of carbonyl (C=O) groups is 3. The first-order valence-electron chi connectivity index (χ1n) is 9.08. The standard InChI is InChI=1S/C21H23NO5/c1-21(2)10-9-14-15(11-21)12-5-3-4-6-13(12)18(19(14)25)22-16(20(26)27)7-8-17(23)24/h3-6,16H,7-11H2,1-2H3,(H,23,24)(H,26,27)/b22-18-/t16-/m0/s1. The van der Waals surface area contributed by atoms with Crippen molar-refractivity contribution in [2.24, 2.45) is 10.4 Å². The van der Waals surface area contributed by atoms with Crippen molar-refractivity contribution < 1.29 is 24.6 Å². The number of allylic oxidation sites excluding steroid dienone is 2. The van der Waals surface area contributed by atoms with Crippen molar-refractivity contribution in [1.82, 2.24) is 0 Å². The van der Waals surface area contributed by atoms with Gasteiger partial charge in [-0.3, -0.25) is 14.6 Å². The molecule has 0 saturated carbocycles. The van der Waals surface area contributed by atoms with Crippen LogP contribution < -0.4 is 0 Å². The topological polar surface area (TPSA) is 104 Å². The third kappa shape index (κ3) is 3.84. The zero-order chi connectivity index (χ0) is 19.8. The van der Waals surface area contributed by atoms with E-state index < -0.39 is 18.0 Å². The van der Waals surface area contributed by atoms with E-state index >= 15 is 0 Å². The summed E-state index contributed by atoms with van der Waals surface area (Å²) in [7, 11) is 0. The maximum Gasteiger partial charge on any atom is 0.328 e. The lowest BCUT2D eigenvalue weighted by Crippen LogP contribution is -2.32. The summed E-state index contributed by atoms with van der Waals surface area (Å²) in [6.45, 7) is 4.36. The number of carbonyl (C=O) groups excluding carboxylic acids is 1. The van der Waals surface area contributed by atoms with Crippen LogP contribution in [0.2, 0.25) is 0 Å². The largest absolute Gasteiger partial charge is 0.481 e. The van der Waals surface area contributed by atoms with Crippen LogP contribution in [0.15, 0.2) is 34.8 Å². The minimum Gasteiger partial charge on any atom is -0.481 e. The van der Waals surface area contributed by atoms with Crippen molar-refractivity contribution in [2.45, 2.75) is 52.0 Å². The fourth-order valence-electron chi connectivity index (χ4n) is 3.80. The van der Waals surface area contributed by atoms with Gasteiger partial charge >= 0.3 is 11.9 Å². The Labute approximate surface area is 157 Å². The molecule has 6 nitrogen and oxygen atoms in total. The Morgan fingerprint density at radius 2 is 1.81 bits per heavy atom. The minimum absolute atomic E-state index is 0.103. The Morgan fingerprint density at radius 3 is 2.44 bits per heavy atom. The number of fused-ring (bicyclic) bond motifs is 2. The predicted octanol–water partition coefficient (Wildman–Crippen LogP) is 3.34. The van der Waals surface area contributed by atoms with Gasteiger partial charge in [-0.05, 0) is 42.2 Å². The molecule has 0 heterocycles.